The summed E-state index contributed by atoms with van der Waals surface area (Å²) in [6.07, 6.45) is 3.91. The number of halogens is 3. The molecule has 0 aliphatic rings. The van der Waals surface area contributed by atoms with Crippen molar-refractivity contribution < 1.29 is 8.78 Å². The van der Waals surface area contributed by atoms with E-state index in [0.29, 0.717) is 12.0 Å². The summed E-state index contributed by atoms with van der Waals surface area (Å²) in [5.74, 6) is -1.66. The van der Waals surface area contributed by atoms with Crippen LogP contribution in [-0.2, 0) is 12.8 Å². The third-order valence-electron chi connectivity index (χ3n) is 3.56. The maximum Gasteiger partial charge on any atom is 0.159 e. The zero-order valence-corrected chi connectivity index (χ0v) is 12.8. The van der Waals surface area contributed by atoms with Crippen molar-refractivity contribution in [2.75, 3.05) is 0 Å². The molecule has 2 aromatic carbocycles. The lowest BCUT2D eigenvalue weighted by Gasteiger charge is -2.11. The molecule has 0 amide bonds. The minimum atomic E-state index is -0.829. The maximum absolute atomic E-state index is 13.2. The number of unbranched alkanes of at least 4 members (excludes halogenated alkanes) is 1. The van der Waals surface area contributed by atoms with Crippen LogP contribution in [0.5, 0.6) is 0 Å². The Bertz CT molecular complexity index is 578. The van der Waals surface area contributed by atoms with Crippen molar-refractivity contribution in [1.29, 1.82) is 0 Å². The van der Waals surface area contributed by atoms with Gasteiger partial charge in [-0.2, -0.15) is 0 Å². The number of aryl methyl sites for hydroxylation is 1. The minimum absolute atomic E-state index is 0.241. The van der Waals surface area contributed by atoms with Gasteiger partial charge in [0.2, 0.25) is 0 Å². The number of rotatable bonds is 6. The lowest BCUT2D eigenvalue weighted by Crippen LogP contribution is -1.98. The van der Waals surface area contributed by atoms with Gasteiger partial charge in [-0.3, -0.25) is 0 Å². The fourth-order valence-electron chi connectivity index (χ4n) is 2.27. The maximum atomic E-state index is 13.2. The lowest BCUT2D eigenvalue weighted by atomic mass is 10.0. The monoisotopic (exact) mass is 308 g/mol. The standard InChI is InChI=1S/C18H19ClF2/c1-2-3-4-13-5-8-15(9-6-13)16(19)11-14-7-10-17(20)18(21)12-14/h5-10,12,16H,2-4,11H2,1H3. The predicted molar refractivity (Wildman–Crippen MR) is 83.7 cm³/mol. The molecule has 0 bridgehead atoms. The van der Waals surface area contributed by atoms with Crippen molar-refractivity contribution in [3.63, 3.8) is 0 Å². The van der Waals surface area contributed by atoms with Crippen LogP contribution in [0, 0.1) is 11.6 Å². The second-order valence-electron chi connectivity index (χ2n) is 5.27. The number of benzene rings is 2. The zero-order chi connectivity index (χ0) is 15.2. The van der Waals surface area contributed by atoms with Crippen LogP contribution in [0.2, 0.25) is 0 Å². The van der Waals surface area contributed by atoms with E-state index in [9.17, 15) is 8.78 Å². The second-order valence-corrected chi connectivity index (χ2v) is 5.79. The van der Waals surface area contributed by atoms with Gasteiger partial charge in [0.15, 0.2) is 11.6 Å². The van der Waals surface area contributed by atoms with Gasteiger partial charge in [-0.25, -0.2) is 8.78 Å². The van der Waals surface area contributed by atoms with Crippen LogP contribution in [-0.4, -0.2) is 0 Å². The Labute approximate surface area is 129 Å². The molecule has 0 aliphatic heterocycles. The van der Waals surface area contributed by atoms with Crippen molar-refractivity contribution in [2.45, 2.75) is 38.0 Å². The van der Waals surface area contributed by atoms with Gasteiger partial charge >= 0.3 is 0 Å². The Morgan fingerprint density at radius 3 is 2.24 bits per heavy atom. The van der Waals surface area contributed by atoms with E-state index in [-0.39, 0.29) is 5.38 Å². The van der Waals surface area contributed by atoms with E-state index in [1.807, 2.05) is 12.1 Å². The summed E-state index contributed by atoms with van der Waals surface area (Å²) >= 11 is 6.37. The molecule has 0 heterocycles. The van der Waals surface area contributed by atoms with Gasteiger partial charge in [0.1, 0.15) is 0 Å². The van der Waals surface area contributed by atoms with Crippen molar-refractivity contribution in [1.82, 2.24) is 0 Å². The van der Waals surface area contributed by atoms with Gasteiger partial charge < -0.3 is 0 Å². The second kappa shape index (κ2) is 7.56. The summed E-state index contributed by atoms with van der Waals surface area (Å²) in [6, 6.07) is 12.1. The smallest absolute Gasteiger partial charge is 0.159 e. The molecule has 1 atom stereocenters. The first-order valence-electron chi connectivity index (χ1n) is 7.27. The highest BCUT2D eigenvalue weighted by Gasteiger charge is 2.11. The predicted octanol–water partition coefficient (Wildman–Crippen LogP) is 5.83. The molecular weight excluding hydrogens is 290 g/mol. The molecule has 0 N–H and O–H groups in total. The summed E-state index contributed by atoms with van der Waals surface area (Å²) in [5, 5.41) is -0.241. The van der Waals surface area contributed by atoms with Crippen molar-refractivity contribution in [3.8, 4) is 0 Å². The highest BCUT2D eigenvalue weighted by Crippen LogP contribution is 2.26. The molecule has 0 aliphatic carbocycles. The van der Waals surface area contributed by atoms with Gasteiger partial charge in [-0.1, -0.05) is 43.7 Å². The molecule has 3 heteroatoms. The molecule has 0 spiro atoms. The molecule has 0 radical (unpaired) electrons. The van der Waals surface area contributed by atoms with E-state index in [4.69, 9.17) is 11.6 Å². The molecule has 0 nitrogen and oxygen atoms in total. The lowest BCUT2D eigenvalue weighted by molar-refractivity contribution is 0.507. The topological polar surface area (TPSA) is 0 Å². The highest BCUT2D eigenvalue weighted by molar-refractivity contribution is 6.20. The molecule has 2 aromatic rings. The molecular formula is C18H19ClF2. The van der Waals surface area contributed by atoms with Crippen LogP contribution < -0.4 is 0 Å². The first-order valence-corrected chi connectivity index (χ1v) is 7.70. The molecule has 1 unspecified atom stereocenters. The number of hydrogen-bond acceptors (Lipinski definition) is 0. The quantitative estimate of drug-likeness (QED) is 0.589. The van der Waals surface area contributed by atoms with E-state index in [0.717, 1.165) is 18.1 Å². The third-order valence-corrected chi connectivity index (χ3v) is 3.97. The van der Waals surface area contributed by atoms with Crippen molar-refractivity contribution in [2.24, 2.45) is 0 Å². The Morgan fingerprint density at radius 1 is 0.952 bits per heavy atom. The van der Waals surface area contributed by atoms with E-state index < -0.39 is 11.6 Å². The van der Waals surface area contributed by atoms with Gasteiger partial charge in [0, 0.05) is 0 Å². The van der Waals surface area contributed by atoms with Gasteiger partial charge in [0.25, 0.3) is 0 Å². The van der Waals surface area contributed by atoms with Crippen LogP contribution >= 0.6 is 11.6 Å². The fourth-order valence-corrected chi connectivity index (χ4v) is 2.59. The summed E-state index contributed by atoms with van der Waals surface area (Å²) < 4.78 is 26.1. The Balaban J connectivity index is 2.02. The molecule has 21 heavy (non-hydrogen) atoms. The van der Waals surface area contributed by atoms with Crippen LogP contribution in [0.15, 0.2) is 42.5 Å². The van der Waals surface area contributed by atoms with Crippen LogP contribution in [0.25, 0.3) is 0 Å². The summed E-state index contributed by atoms with van der Waals surface area (Å²) in [7, 11) is 0. The Kier molecular flexibility index (Phi) is 5.75. The Hall–Kier alpha value is -1.41. The molecule has 2 rings (SSSR count). The van der Waals surface area contributed by atoms with Gasteiger partial charge in [0.05, 0.1) is 5.38 Å². The minimum Gasteiger partial charge on any atom is -0.204 e. The van der Waals surface area contributed by atoms with Gasteiger partial charge in [-0.05, 0) is 48.1 Å². The summed E-state index contributed by atoms with van der Waals surface area (Å²) in [5.41, 5.74) is 3.00. The van der Waals surface area contributed by atoms with Crippen LogP contribution in [0.4, 0.5) is 8.78 Å². The van der Waals surface area contributed by atoms with E-state index in [1.54, 1.807) is 6.07 Å². The van der Waals surface area contributed by atoms with Gasteiger partial charge in [-0.15, -0.1) is 11.6 Å². The molecule has 112 valence electrons. The summed E-state index contributed by atoms with van der Waals surface area (Å²) in [6.45, 7) is 2.17. The number of alkyl halides is 1. The highest BCUT2D eigenvalue weighted by atomic mass is 35.5. The molecule has 0 aromatic heterocycles. The normalized spacial score (nSPS) is 12.4. The average Bonchev–Trinajstić information content (AvgIpc) is 2.49. The third kappa shape index (κ3) is 4.53. The van der Waals surface area contributed by atoms with E-state index in [1.165, 1.54) is 24.5 Å². The molecule has 0 fully saturated rings. The first-order chi connectivity index (χ1) is 10.1. The molecule has 0 saturated carbocycles. The first kappa shape index (κ1) is 16.0. The van der Waals surface area contributed by atoms with Crippen molar-refractivity contribution in [3.05, 3.63) is 70.8 Å². The average molecular weight is 309 g/mol. The zero-order valence-electron chi connectivity index (χ0n) is 12.1. The van der Waals surface area contributed by atoms with Crippen LogP contribution in [0.3, 0.4) is 0 Å². The largest absolute Gasteiger partial charge is 0.204 e. The summed E-state index contributed by atoms with van der Waals surface area (Å²) in [4.78, 5) is 0. The number of hydrogen-bond donors (Lipinski definition) is 0. The van der Waals surface area contributed by atoms with Crippen molar-refractivity contribution >= 4 is 11.6 Å². The SMILES string of the molecule is CCCCc1ccc(C(Cl)Cc2ccc(F)c(F)c2)cc1. The van der Waals surface area contributed by atoms with Crippen LogP contribution in [0.1, 0.15) is 41.8 Å². The molecule has 0 saturated heterocycles. The van der Waals surface area contributed by atoms with E-state index >= 15 is 0 Å². The fraction of sp³-hybridized carbons (Fsp3) is 0.333. The Morgan fingerprint density at radius 2 is 1.62 bits per heavy atom. The van der Waals surface area contributed by atoms with E-state index in [2.05, 4.69) is 19.1 Å².